The number of halogens is 1. The SMILES string of the molecule is CC=CCn1cc(-c2cccc(C(=O)N(C)C)c2F)c2cc[nH]c2c1=O. The maximum atomic E-state index is 15.1. The molecular weight excluding hydrogens is 333 g/mol. The average Bonchev–Trinajstić information content (AvgIpc) is 3.11. The molecule has 0 saturated carbocycles. The Kier molecular flexibility index (Phi) is 4.75. The highest BCUT2D eigenvalue weighted by Crippen LogP contribution is 2.30. The van der Waals surface area contributed by atoms with Crippen LogP contribution in [0.25, 0.3) is 22.0 Å². The van der Waals surface area contributed by atoms with Crippen LogP contribution in [0.2, 0.25) is 0 Å². The Balaban J connectivity index is 2.27. The van der Waals surface area contributed by atoms with Crippen molar-refractivity contribution in [3.63, 3.8) is 0 Å². The van der Waals surface area contributed by atoms with Gasteiger partial charge in [0.1, 0.15) is 11.3 Å². The average molecular weight is 353 g/mol. The maximum absolute atomic E-state index is 15.1. The lowest BCUT2D eigenvalue weighted by molar-refractivity contribution is 0.0823. The van der Waals surface area contributed by atoms with Gasteiger partial charge in [-0.05, 0) is 19.1 Å². The minimum atomic E-state index is -0.593. The van der Waals surface area contributed by atoms with Crippen molar-refractivity contribution in [3.05, 3.63) is 70.5 Å². The Morgan fingerprint density at radius 3 is 2.73 bits per heavy atom. The Morgan fingerprint density at radius 2 is 2.04 bits per heavy atom. The highest BCUT2D eigenvalue weighted by Gasteiger charge is 2.20. The van der Waals surface area contributed by atoms with E-state index in [1.807, 2.05) is 19.1 Å². The first-order valence-electron chi connectivity index (χ1n) is 8.28. The van der Waals surface area contributed by atoms with E-state index in [0.29, 0.717) is 23.0 Å². The van der Waals surface area contributed by atoms with E-state index < -0.39 is 11.7 Å². The van der Waals surface area contributed by atoms with E-state index >= 15 is 4.39 Å². The summed E-state index contributed by atoms with van der Waals surface area (Å²) < 4.78 is 16.7. The molecule has 0 radical (unpaired) electrons. The van der Waals surface area contributed by atoms with Crippen LogP contribution >= 0.6 is 0 Å². The molecular formula is C20H20FN3O2. The largest absolute Gasteiger partial charge is 0.357 e. The second-order valence-electron chi connectivity index (χ2n) is 6.20. The monoisotopic (exact) mass is 353 g/mol. The van der Waals surface area contributed by atoms with Crippen LogP contribution in [0.1, 0.15) is 17.3 Å². The fraction of sp³-hybridized carbons (Fsp3) is 0.200. The molecule has 1 N–H and O–H groups in total. The quantitative estimate of drug-likeness (QED) is 0.731. The van der Waals surface area contributed by atoms with Crippen LogP contribution in [-0.4, -0.2) is 34.5 Å². The van der Waals surface area contributed by atoms with Crippen molar-refractivity contribution < 1.29 is 9.18 Å². The predicted molar refractivity (Wildman–Crippen MR) is 101 cm³/mol. The van der Waals surface area contributed by atoms with Gasteiger partial charge in [0.05, 0.1) is 5.56 Å². The molecule has 5 nitrogen and oxygen atoms in total. The molecule has 0 aliphatic rings. The molecule has 1 aromatic carbocycles. The first-order chi connectivity index (χ1) is 12.5. The van der Waals surface area contributed by atoms with E-state index in [1.165, 1.54) is 15.5 Å². The molecule has 0 aliphatic carbocycles. The second-order valence-corrected chi connectivity index (χ2v) is 6.20. The number of carbonyl (C=O) groups excluding carboxylic acids is 1. The third-order valence-corrected chi connectivity index (χ3v) is 4.26. The number of amides is 1. The number of fused-ring (bicyclic) bond motifs is 1. The van der Waals surface area contributed by atoms with E-state index in [1.54, 1.807) is 44.7 Å². The standard InChI is InChI=1S/C20H20FN3O2/c1-4-5-11-24-12-16(14-9-10-22-18(14)20(24)26)13-7-6-8-15(17(13)21)19(25)23(2)3/h4-10,12,22H,11H2,1-3H3. The maximum Gasteiger partial charge on any atom is 0.275 e. The lowest BCUT2D eigenvalue weighted by Crippen LogP contribution is -2.23. The summed E-state index contributed by atoms with van der Waals surface area (Å²) in [5, 5.41) is 0.625. The van der Waals surface area contributed by atoms with E-state index in [0.717, 1.165) is 0 Å². The summed E-state index contributed by atoms with van der Waals surface area (Å²) in [5.41, 5.74) is 1.10. The van der Waals surface area contributed by atoms with Gasteiger partial charge in [-0.15, -0.1) is 0 Å². The van der Waals surface area contributed by atoms with Crippen LogP contribution in [0.3, 0.4) is 0 Å². The van der Waals surface area contributed by atoms with Crippen LogP contribution < -0.4 is 5.56 Å². The third kappa shape index (κ3) is 2.94. The van der Waals surface area contributed by atoms with Crippen LogP contribution in [-0.2, 0) is 6.54 Å². The lowest BCUT2D eigenvalue weighted by atomic mass is 10.00. The number of hydrogen-bond acceptors (Lipinski definition) is 2. The summed E-state index contributed by atoms with van der Waals surface area (Å²) in [4.78, 5) is 29.1. The van der Waals surface area contributed by atoms with Crippen LogP contribution in [0.4, 0.5) is 4.39 Å². The number of pyridine rings is 1. The van der Waals surface area contributed by atoms with E-state index in [9.17, 15) is 9.59 Å². The second kappa shape index (κ2) is 7.00. The number of hydrogen-bond donors (Lipinski definition) is 1. The first-order valence-corrected chi connectivity index (χ1v) is 8.28. The summed E-state index contributed by atoms with van der Waals surface area (Å²) in [6.07, 6.45) is 6.99. The molecule has 2 heterocycles. The predicted octanol–water partition coefficient (Wildman–Crippen LogP) is 3.41. The highest BCUT2D eigenvalue weighted by atomic mass is 19.1. The van der Waals surface area contributed by atoms with Gasteiger partial charge in [-0.3, -0.25) is 9.59 Å². The van der Waals surface area contributed by atoms with Crippen molar-refractivity contribution in [1.82, 2.24) is 14.5 Å². The van der Waals surface area contributed by atoms with Gasteiger partial charge in [-0.1, -0.05) is 24.3 Å². The third-order valence-electron chi connectivity index (χ3n) is 4.26. The van der Waals surface area contributed by atoms with Gasteiger partial charge in [-0.2, -0.15) is 0 Å². The number of aromatic nitrogens is 2. The molecule has 0 aliphatic heterocycles. The van der Waals surface area contributed by atoms with Gasteiger partial charge in [0.15, 0.2) is 0 Å². The van der Waals surface area contributed by atoms with Gasteiger partial charge < -0.3 is 14.5 Å². The summed E-state index contributed by atoms with van der Waals surface area (Å²) in [6.45, 7) is 2.25. The van der Waals surface area contributed by atoms with Crippen LogP contribution in [0.15, 0.2) is 53.6 Å². The molecule has 0 atom stereocenters. The van der Waals surface area contributed by atoms with Gasteiger partial charge in [0.2, 0.25) is 0 Å². The summed E-state index contributed by atoms with van der Waals surface area (Å²) in [5.74, 6) is -0.998. The zero-order valence-electron chi connectivity index (χ0n) is 14.9. The molecule has 0 saturated heterocycles. The lowest BCUT2D eigenvalue weighted by Gasteiger charge is -2.14. The Bertz CT molecular complexity index is 1060. The number of benzene rings is 1. The molecule has 2 aromatic heterocycles. The van der Waals surface area contributed by atoms with Gasteiger partial charge in [0, 0.05) is 49.5 Å². The van der Waals surface area contributed by atoms with Crippen LogP contribution in [0, 0.1) is 5.82 Å². The minimum Gasteiger partial charge on any atom is -0.357 e. The normalized spacial score (nSPS) is 11.4. The van der Waals surface area contributed by atoms with Gasteiger partial charge >= 0.3 is 0 Å². The van der Waals surface area contributed by atoms with Gasteiger partial charge in [-0.25, -0.2) is 4.39 Å². The number of H-pyrrole nitrogens is 1. The number of aromatic amines is 1. The molecule has 3 rings (SSSR count). The number of nitrogens with one attached hydrogen (secondary N) is 1. The van der Waals surface area contributed by atoms with E-state index in [4.69, 9.17) is 0 Å². The zero-order valence-corrected chi connectivity index (χ0v) is 14.9. The zero-order chi connectivity index (χ0) is 18.8. The van der Waals surface area contributed by atoms with Crippen LogP contribution in [0.5, 0.6) is 0 Å². The Labute approximate surface area is 150 Å². The topological polar surface area (TPSA) is 58.1 Å². The molecule has 0 fully saturated rings. The smallest absolute Gasteiger partial charge is 0.275 e. The van der Waals surface area contributed by atoms with E-state index in [-0.39, 0.29) is 16.7 Å². The molecule has 26 heavy (non-hydrogen) atoms. The van der Waals surface area contributed by atoms with E-state index in [2.05, 4.69) is 4.98 Å². The molecule has 3 aromatic rings. The summed E-state index contributed by atoms with van der Waals surface area (Å²) >= 11 is 0. The highest BCUT2D eigenvalue weighted by molar-refractivity contribution is 5.99. The molecule has 6 heteroatoms. The number of rotatable bonds is 4. The number of carbonyl (C=O) groups is 1. The summed E-state index contributed by atoms with van der Waals surface area (Å²) in [7, 11) is 3.16. The van der Waals surface area contributed by atoms with Crippen molar-refractivity contribution >= 4 is 16.8 Å². The minimum absolute atomic E-state index is 0.00221. The molecule has 134 valence electrons. The van der Waals surface area contributed by atoms with Crippen molar-refractivity contribution in [3.8, 4) is 11.1 Å². The number of nitrogens with zero attached hydrogens (tertiary/aromatic N) is 2. The first kappa shape index (κ1) is 17.7. The molecule has 0 unspecified atom stereocenters. The molecule has 0 spiro atoms. The fourth-order valence-electron chi connectivity index (χ4n) is 2.91. The summed E-state index contributed by atoms with van der Waals surface area (Å²) in [6, 6.07) is 6.47. The van der Waals surface area contributed by atoms with Crippen molar-refractivity contribution in [1.29, 1.82) is 0 Å². The van der Waals surface area contributed by atoms with Crippen molar-refractivity contribution in [2.24, 2.45) is 0 Å². The number of allylic oxidation sites excluding steroid dienone is 2. The Morgan fingerprint density at radius 1 is 1.27 bits per heavy atom. The van der Waals surface area contributed by atoms with Crippen molar-refractivity contribution in [2.45, 2.75) is 13.5 Å². The van der Waals surface area contributed by atoms with Gasteiger partial charge in [0.25, 0.3) is 11.5 Å². The molecule has 0 bridgehead atoms. The Hall–Kier alpha value is -3.15. The molecule has 1 amide bonds. The fourth-order valence-corrected chi connectivity index (χ4v) is 2.91. The van der Waals surface area contributed by atoms with Crippen molar-refractivity contribution in [2.75, 3.05) is 14.1 Å².